The first kappa shape index (κ1) is 21.3. The predicted octanol–water partition coefficient (Wildman–Crippen LogP) is 3.71. The van der Waals surface area contributed by atoms with Crippen molar-refractivity contribution in [2.45, 2.75) is 19.9 Å². The molecule has 0 spiro atoms. The van der Waals surface area contributed by atoms with Gasteiger partial charge in [0.25, 0.3) is 11.6 Å². The normalized spacial score (nSPS) is 11.0. The highest BCUT2D eigenvalue weighted by Crippen LogP contribution is 2.24. The summed E-state index contributed by atoms with van der Waals surface area (Å²) < 4.78 is 0. The van der Waals surface area contributed by atoms with Gasteiger partial charge in [-0.3, -0.25) is 19.7 Å². The minimum Gasteiger partial charge on any atom is -0.352 e. The Balaban J connectivity index is 1.86. The summed E-state index contributed by atoms with van der Waals surface area (Å²) in [5.41, 5.74) is 3.38. The van der Waals surface area contributed by atoms with Crippen LogP contribution in [0.2, 0.25) is 10.0 Å². The zero-order chi connectivity index (χ0) is 20.7. The van der Waals surface area contributed by atoms with Crippen LogP contribution in [0.3, 0.4) is 0 Å². The first-order chi connectivity index (χ1) is 13.3. The van der Waals surface area contributed by atoms with Gasteiger partial charge in [0, 0.05) is 28.9 Å². The Morgan fingerprint density at radius 2 is 1.82 bits per heavy atom. The smallest absolute Gasteiger partial charge is 0.287 e. The summed E-state index contributed by atoms with van der Waals surface area (Å²) in [6, 6.07) is 10.7. The first-order valence-corrected chi connectivity index (χ1v) is 8.80. The Kier molecular flexibility index (Phi) is 7.48. The number of nitro benzene ring substituents is 1. The molecule has 28 heavy (non-hydrogen) atoms. The molecule has 0 heterocycles. The van der Waals surface area contributed by atoms with Gasteiger partial charge in [-0.05, 0) is 36.8 Å². The van der Waals surface area contributed by atoms with Crippen molar-refractivity contribution in [3.63, 3.8) is 0 Å². The van der Waals surface area contributed by atoms with Crippen molar-refractivity contribution in [1.29, 1.82) is 0 Å². The van der Waals surface area contributed by atoms with Gasteiger partial charge in [-0.1, -0.05) is 35.3 Å². The standard InChI is InChI=1S/C18H16Cl2N4O4/c1-11(8-17(25)21-10-12-2-5-14(19)6-3-12)22-23-18(26)13-4-7-16(24(27)28)15(20)9-13/h2-7,9H,8,10H2,1H3,(H,21,25)(H,23,26)/b22-11+. The molecular weight excluding hydrogens is 407 g/mol. The summed E-state index contributed by atoms with van der Waals surface area (Å²) in [4.78, 5) is 34.1. The number of hydrazone groups is 1. The monoisotopic (exact) mass is 422 g/mol. The number of hydrogen-bond acceptors (Lipinski definition) is 5. The lowest BCUT2D eigenvalue weighted by molar-refractivity contribution is -0.384. The first-order valence-electron chi connectivity index (χ1n) is 8.05. The highest BCUT2D eigenvalue weighted by Gasteiger charge is 2.15. The molecule has 10 heteroatoms. The van der Waals surface area contributed by atoms with Crippen LogP contribution in [0.1, 0.15) is 29.3 Å². The Hall–Kier alpha value is -2.97. The molecule has 0 aliphatic heterocycles. The molecule has 8 nitrogen and oxygen atoms in total. The molecule has 0 bridgehead atoms. The van der Waals surface area contributed by atoms with Crippen molar-refractivity contribution >= 4 is 46.4 Å². The maximum Gasteiger partial charge on any atom is 0.287 e. The van der Waals surface area contributed by atoms with E-state index in [0.717, 1.165) is 11.6 Å². The number of amides is 2. The third kappa shape index (κ3) is 6.33. The lowest BCUT2D eigenvalue weighted by atomic mass is 10.2. The van der Waals surface area contributed by atoms with E-state index in [4.69, 9.17) is 23.2 Å². The molecule has 0 saturated carbocycles. The second-order valence-electron chi connectivity index (χ2n) is 5.79. The molecule has 0 aromatic heterocycles. The van der Waals surface area contributed by atoms with Gasteiger partial charge in [-0.15, -0.1) is 0 Å². The van der Waals surface area contributed by atoms with Crippen LogP contribution < -0.4 is 10.7 Å². The number of nitro groups is 1. The van der Waals surface area contributed by atoms with Gasteiger partial charge < -0.3 is 5.32 Å². The van der Waals surface area contributed by atoms with E-state index in [1.165, 1.54) is 12.1 Å². The van der Waals surface area contributed by atoms with Gasteiger partial charge in [0.05, 0.1) is 11.3 Å². The van der Waals surface area contributed by atoms with Crippen LogP contribution in [0.25, 0.3) is 0 Å². The van der Waals surface area contributed by atoms with E-state index >= 15 is 0 Å². The Bertz CT molecular complexity index is 930. The van der Waals surface area contributed by atoms with E-state index in [0.29, 0.717) is 17.3 Å². The fraction of sp³-hybridized carbons (Fsp3) is 0.167. The average Bonchev–Trinajstić information content (AvgIpc) is 2.65. The second-order valence-corrected chi connectivity index (χ2v) is 6.63. The molecule has 0 radical (unpaired) electrons. The lowest BCUT2D eigenvalue weighted by Crippen LogP contribution is -2.26. The molecule has 2 rings (SSSR count). The SMILES string of the molecule is C/C(CC(=O)NCc1ccc(Cl)cc1)=N\NC(=O)c1ccc([N+](=O)[O-])c(Cl)c1. The van der Waals surface area contributed by atoms with Crippen molar-refractivity contribution in [2.24, 2.45) is 5.10 Å². The van der Waals surface area contributed by atoms with Gasteiger partial charge >= 0.3 is 0 Å². The Labute approximate surface area is 170 Å². The molecular formula is C18H16Cl2N4O4. The number of hydrogen-bond donors (Lipinski definition) is 2. The van der Waals surface area contributed by atoms with Crippen LogP contribution in [-0.4, -0.2) is 22.4 Å². The van der Waals surface area contributed by atoms with Crippen molar-refractivity contribution in [1.82, 2.24) is 10.7 Å². The third-order valence-electron chi connectivity index (χ3n) is 3.57. The molecule has 146 valence electrons. The zero-order valence-corrected chi connectivity index (χ0v) is 16.3. The summed E-state index contributed by atoms with van der Waals surface area (Å²) >= 11 is 11.6. The Morgan fingerprint density at radius 1 is 1.14 bits per heavy atom. The van der Waals surface area contributed by atoms with Gasteiger partial charge in [-0.2, -0.15) is 5.10 Å². The minimum absolute atomic E-state index is 0.00507. The predicted molar refractivity (Wildman–Crippen MR) is 107 cm³/mol. The molecule has 2 N–H and O–H groups in total. The quantitative estimate of drug-likeness (QED) is 0.401. The van der Waals surface area contributed by atoms with E-state index < -0.39 is 10.8 Å². The number of rotatable bonds is 7. The van der Waals surface area contributed by atoms with Gasteiger partial charge in [0.15, 0.2) is 0 Å². The molecule has 2 aromatic carbocycles. The van der Waals surface area contributed by atoms with Crippen molar-refractivity contribution in [2.75, 3.05) is 0 Å². The maximum absolute atomic E-state index is 12.0. The molecule has 0 aliphatic rings. The summed E-state index contributed by atoms with van der Waals surface area (Å²) in [7, 11) is 0. The molecule has 0 fully saturated rings. The highest BCUT2D eigenvalue weighted by molar-refractivity contribution is 6.33. The number of carbonyl (C=O) groups excluding carboxylic acids is 2. The summed E-state index contributed by atoms with van der Waals surface area (Å²) in [5.74, 6) is -0.860. The Morgan fingerprint density at radius 3 is 2.43 bits per heavy atom. The zero-order valence-electron chi connectivity index (χ0n) is 14.7. The number of carbonyl (C=O) groups is 2. The van der Waals surface area contributed by atoms with Gasteiger partial charge in [0.1, 0.15) is 5.02 Å². The largest absolute Gasteiger partial charge is 0.352 e. The van der Waals surface area contributed by atoms with E-state index in [1.54, 1.807) is 31.2 Å². The van der Waals surface area contributed by atoms with Crippen molar-refractivity contribution in [3.8, 4) is 0 Å². The molecule has 0 unspecified atom stereocenters. The lowest BCUT2D eigenvalue weighted by Gasteiger charge is -2.06. The molecule has 2 amide bonds. The van der Waals surface area contributed by atoms with Gasteiger partial charge in [0.2, 0.25) is 5.91 Å². The van der Waals surface area contributed by atoms with Crippen LogP contribution in [0.4, 0.5) is 5.69 Å². The summed E-state index contributed by atoms with van der Waals surface area (Å²) in [6.07, 6.45) is -0.00507. The molecule has 0 saturated heterocycles. The minimum atomic E-state index is -0.644. The van der Waals surface area contributed by atoms with Crippen molar-refractivity contribution < 1.29 is 14.5 Å². The maximum atomic E-state index is 12.0. The third-order valence-corrected chi connectivity index (χ3v) is 4.13. The van der Waals surface area contributed by atoms with Crippen LogP contribution >= 0.6 is 23.2 Å². The summed E-state index contributed by atoms with van der Waals surface area (Å²) in [5, 5.41) is 17.8. The number of nitrogens with zero attached hydrogens (tertiary/aromatic N) is 2. The fourth-order valence-corrected chi connectivity index (χ4v) is 2.52. The molecule has 2 aromatic rings. The molecule has 0 atom stereocenters. The average molecular weight is 423 g/mol. The van der Waals surface area contributed by atoms with Crippen LogP contribution in [0, 0.1) is 10.1 Å². The topological polar surface area (TPSA) is 114 Å². The fourth-order valence-electron chi connectivity index (χ4n) is 2.14. The van der Waals surface area contributed by atoms with Crippen molar-refractivity contribution in [3.05, 3.63) is 73.8 Å². The summed E-state index contributed by atoms with van der Waals surface area (Å²) in [6.45, 7) is 1.93. The highest BCUT2D eigenvalue weighted by atomic mass is 35.5. The van der Waals surface area contributed by atoms with E-state index in [9.17, 15) is 19.7 Å². The van der Waals surface area contributed by atoms with Gasteiger partial charge in [-0.25, -0.2) is 5.43 Å². The van der Waals surface area contributed by atoms with E-state index in [1.807, 2.05) is 0 Å². The number of benzene rings is 2. The van der Waals surface area contributed by atoms with E-state index in [2.05, 4.69) is 15.8 Å². The van der Waals surface area contributed by atoms with Crippen LogP contribution in [0.15, 0.2) is 47.6 Å². The number of halogens is 2. The second kappa shape index (κ2) is 9.82. The van der Waals surface area contributed by atoms with Crippen LogP contribution in [0.5, 0.6) is 0 Å². The van der Waals surface area contributed by atoms with E-state index in [-0.39, 0.29) is 28.6 Å². The number of nitrogens with one attached hydrogen (secondary N) is 2. The molecule has 0 aliphatic carbocycles. The van der Waals surface area contributed by atoms with Crippen LogP contribution in [-0.2, 0) is 11.3 Å².